The fourth-order valence-corrected chi connectivity index (χ4v) is 2.12. The van der Waals surface area contributed by atoms with Crippen molar-refractivity contribution in [1.82, 2.24) is 15.1 Å². The second-order valence-electron chi connectivity index (χ2n) is 5.37. The average Bonchev–Trinajstić information content (AvgIpc) is 2.29. The Morgan fingerprint density at radius 2 is 1.68 bits per heavy atom. The van der Waals surface area contributed by atoms with E-state index in [1.165, 1.54) is 6.07 Å². The van der Waals surface area contributed by atoms with Crippen LogP contribution < -0.4 is 0 Å². The predicted molar refractivity (Wildman–Crippen MR) is 77.6 cm³/mol. The molecule has 0 aromatic carbocycles. The molecule has 1 amide bonds. The molecule has 1 heterocycles. The van der Waals surface area contributed by atoms with Crippen molar-refractivity contribution >= 4 is 29.1 Å². The van der Waals surface area contributed by atoms with Crippen LogP contribution >= 0.6 is 23.2 Å². The highest BCUT2D eigenvalue weighted by Gasteiger charge is 2.21. The summed E-state index contributed by atoms with van der Waals surface area (Å²) in [7, 11) is 0. The molecule has 0 saturated carbocycles. The lowest BCUT2D eigenvalue weighted by atomic mass is 10.1. The third kappa shape index (κ3) is 4.96. The van der Waals surface area contributed by atoms with Gasteiger partial charge in [0.25, 0.3) is 5.91 Å². The highest BCUT2D eigenvalue weighted by molar-refractivity contribution is 6.34. The maximum atomic E-state index is 12.5. The van der Waals surface area contributed by atoms with Gasteiger partial charge in [-0.3, -0.25) is 4.79 Å². The monoisotopic (exact) mass is 303 g/mol. The first-order valence-electron chi connectivity index (χ1n) is 6.29. The van der Waals surface area contributed by atoms with E-state index in [-0.39, 0.29) is 16.2 Å². The minimum atomic E-state index is -0.149. The van der Waals surface area contributed by atoms with Crippen LogP contribution in [0.4, 0.5) is 0 Å². The molecule has 1 aromatic rings. The number of carbonyl (C=O) groups excluding carboxylic acids is 1. The van der Waals surface area contributed by atoms with Gasteiger partial charge in [-0.25, -0.2) is 0 Å². The zero-order valence-electron chi connectivity index (χ0n) is 11.7. The molecule has 0 saturated heterocycles. The minimum absolute atomic E-state index is 0.0897. The Morgan fingerprint density at radius 3 is 2.16 bits per heavy atom. The number of hydrogen-bond donors (Lipinski definition) is 0. The van der Waals surface area contributed by atoms with Crippen LogP contribution in [0.25, 0.3) is 0 Å². The summed E-state index contributed by atoms with van der Waals surface area (Å²) in [6.07, 6.45) is 0. The first-order valence-corrected chi connectivity index (χ1v) is 7.04. The SMILES string of the molecule is CC(C)CN(CC(C)C)C(=O)c1cc(Cl)nnc1Cl. The molecular weight excluding hydrogens is 285 g/mol. The molecule has 106 valence electrons. The number of aromatic nitrogens is 2. The summed E-state index contributed by atoms with van der Waals surface area (Å²) >= 11 is 11.7. The van der Waals surface area contributed by atoms with Crippen molar-refractivity contribution in [2.24, 2.45) is 11.8 Å². The van der Waals surface area contributed by atoms with Gasteiger partial charge in [0.05, 0.1) is 5.56 Å². The van der Waals surface area contributed by atoms with Crippen LogP contribution in [0.1, 0.15) is 38.1 Å². The molecule has 0 spiro atoms. The quantitative estimate of drug-likeness (QED) is 0.836. The summed E-state index contributed by atoms with van der Waals surface area (Å²) in [4.78, 5) is 14.3. The maximum absolute atomic E-state index is 12.5. The maximum Gasteiger partial charge on any atom is 0.257 e. The first kappa shape index (κ1) is 16.2. The van der Waals surface area contributed by atoms with E-state index in [1.807, 2.05) is 0 Å². The van der Waals surface area contributed by atoms with Gasteiger partial charge in [-0.2, -0.15) is 0 Å². The van der Waals surface area contributed by atoms with Crippen molar-refractivity contribution in [3.8, 4) is 0 Å². The van der Waals surface area contributed by atoms with Gasteiger partial charge >= 0.3 is 0 Å². The molecule has 0 aliphatic rings. The smallest absolute Gasteiger partial charge is 0.257 e. The fourth-order valence-electron chi connectivity index (χ4n) is 1.80. The Bertz CT molecular complexity index is 440. The Hall–Kier alpha value is -0.870. The topological polar surface area (TPSA) is 46.1 Å². The van der Waals surface area contributed by atoms with Crippen molar-refractivity contribution in [3.05, 3.63) is 21.9 Å². The lowest BCUT2D eigenvalue weighted by molar-refractivity contribution is 0.0714. The van der Waals surface area contributed by atoms with Crippen LogP contribution in [0.3, 0.4) is 0 Å². The lowest BCUT2D eigenvalue weighted by Gasteiger charge is -2.26. The Labute approximate surface area is 124 Å². The van der Waals surface area contributed by atoms with E-state index in [9.17, 15) is 4.79 Å². The Morgan fingerprint density at radius 1 is 1.16 bits per heavy atom. The first-order chi connectivity index (χ1) is 8.81. The van der Waals surface area contributed by atoms with E-state index in [2.05, 4.69) is 37.9 Å². The van der Waals surface area contributed by atoms with E-state index in [4.69, 9.17) is 23.2 Å². The zero-order chi connectivity index (χ0) is 14.6. The van der Waals surface area contributed by atoms with Crippen LogP contribution in [-0.2, 0) is 0 Å². The van der Waals surface area contributed by atoms with Crippen molar-refractivity contribution in [2.75, 3.05) is 13.1 Å². The van der Waals surface area contributed by atoms with Gasteiger partial charge in [0, 0.05) is 13.1 Å². The molecule has 1 rings (SSSR count). The van der Waals surface area contributed by atoms with Crippen LogP contribution in [0.15, 0.2) is 6.07 Å². The average molecular weight is 304 g/mol. The van der Waals surface area contributed by atoms with E-state index in [0.717, 1.165) is 0 Å². The van der Waals surface area contributed by atoms with Crippen LogP contribution in [0, 0.1) is 11.8 Å². The van der Waals surface area contributed by atoms with E-state index < -0.39 is 0 Å². The third-order valence-electron chi connectivity index (χ3n) is 2.41. The lowest BCUT2D eigenvalue weighted by Crippen LogP contribution is -2.37. The van der Waals surface area contributed by atoms with Gasteiger partial charge in [-0.1, -0.05) is 50.9 Å². The molecule has 19 heavy (non-hydrogen) atoms. The van der Waals surface area contributed by atoms with E-state index in [1.54, 1.807) is 4.90 Å². The number of nitrogens with zero attached hydrogens (tertiary/aromatic N) is 3. The number of rotatable bonds is 5. The summed E-state index contributed by atoms with van der Waals surface area (Å²) in [6, 6.07) is 1.47. The summed E-state index contributed by atoms with van der Waals surface area (Å²) in [5.74, 6) is 0.614. The number of carbonyl (C=O) groups is 1. The highest BCUT2D eigenvalue weighted by Crippen LogP contribution is 2.19. The van der Waals surface area contributed by atoms with Crippen LogP contribution in [-0.4, -0.2) is 34.1 Å². The second kappa shape index (κ2) is 7.06. The summed E-state index contributed by atoms with van der Waals surface area (Å²) < 4.78 is 0. The number of amides is 1. The van der Waals surface area contributed by atoms with Crippen LogP contribution in [0.5, 0.6) is 0 Å². The molecule has 0 fully saturated rings. The van der Waals surface area contributed by atoms with Crippen molar-refractivity contribution in [2.45, 2.75) is 27.7 Å². The summed E-state index contributed by atoms with van der Waals surface area (Å²) in [5.41, 5.74) is 0.308. The van der Waals surface area contributed by atoms with Crippen molar-refractivity contribution < 1.29 is 4.79 Å². The van der Waals surface area contributed by atoms with Gasteiger partial charge in [0.2, 0.25) is 0 Å². The highest BCUT2D eigenvalue weighted by atomic mass is 35.5. The number of halogens is 2. The zero-order valence-corrected chi connectivity index (χ0v) is 13.2. The standard InChI is InChI=1S/C13H19Cl2N3O/c1-8(2)6-18(7-9(3)4)13(19)10-5-11(14)16-17-12(10)15/h5,8-9H,6-7H2,1-4H3. The van der Waals surface area contributed by atoms with E-state index >= 15 is 0 Å². The Balaban J connectivity index is 3.00. The third-order valence-corrected chi connectivity index (χ3v) is 2.87. The summed E-state index contributed by atoms with van der Waals surface area (Å²) in [6.45, 7) is 9.63. The van der Waals surface area contributed by atoms with Gasteiger partial charge in [0.1, 0.15) is 0 Å². The molecule has 6 heteroatoms. The molecule has 4 nitrogen and oxygen atoms in total. The molecule has 0 unspecified atom stereocenters. The van der Waals surface area contributed by atoms with Gasteiger partial charge in [0.15, 0.2) is 10.3 Å². The Kier molecular flexibility index (Phi) is 6.01. The molecule has 0 radical (unpaired) electrons. The van der Waals surface area contributed by atoms with Crippen molar-refractivity contribution in [1.29, 1.82) is 0 Å². The molecule has 0 bridgehead atoms. The fraction of sp³-hybridized carbons (Fsp3) is 0.615. The van der Waals surface area contributed by atoms with E-state index in [0.29, 0.717) is 30.5 Å². The molecule has 0 aliphatic heterocycles. The predicted octanol–water partition coefficient (Wildman–Crippen LogP) is 3.54. The largest absolute Gasteiger partial charge is 0.338 e. The van der Waals surface area contributed by atoms with Gasteiger partial charge < -0.3 is 4.90 Å². The molecule has 0 N–H and O–H groups in total. The van der Waals surface area contributed by atoms with Crippen LogP contribution in [0.2, 0.25) is 10.3 Å². The molecule has 1 aromatic heterocycles. The molecular formula is C13H19Cl2N3O. The minimum Gasteiger partial charge on any atom is -0.338 e. The van der Waals surface area contributed by atoms with Gasteiger partial charge in [-0.15, -0.1) is 10.2 Å². The summed E-state index contributed by atoms with van der Waals surface area (Å²) in [5, 5.41) is 7.55. The van der Waals surface area contributed by atoms with Gasteiger partial charge in [-0.05, 0) is 17.9 Å². The normalized spacial score (nSPS) is 11.2. The molecule has 0 atom stereocenters. The second-order valence-corrected chi connectivity index (χ2v) is 6.11. The van der Waals surface area contributed by atoms with Crippen molar-refractivity contribution in [3.63, 3.8) is 0 Å². The number of hydrogen-bond acceptors (Lipinski definition) is 3. The molecule has 0 aliphatic carbocycles.